The molecule has 1 N–H and O–H groups in total. The van der Waals surface area contributed by atoms with Crippen LogP contribution < -0.4 is 5.01 Å². The standard InChI is InChI=1S/C14H14N4/c1-12(15)18(14-8-3-2-4-9-14)17-11-13-7-5-6-10-16-13/h2-11,15H,1H3/b15-12?,17-11+. The van der Waals surface area contributed by atoms with Crippen LogP contribution in [-0.4, -0.2) is 17.0 Å². The largest absolute Gasteiger partial charge is 0.287 e. The van der Waals surface area contributed by atoms with Crippen LogP contribution in [0.5, 0.6) is 0 Å². The van der Waals surface area contributed by atoms with Crippen molar-refractivity contribution in [2.45, 2.75) is 6.92 Å². The molecule has 1 heterocycles. The fourth-order valence-electron chi connectivity index (χ4n) is 1.49. The van der Waals surface area contributed by atoms with Gasteiger partial charge in [-0.25, -0.2) is 5.01 Å². The highest BCUT2D eigenvalue weighted by atomic mass is 15.5. The van der Waals surface area contributed by atoms with Gasteiger partial charge < -0.3 is 0 Å². The molecule has 2 aromatic rings. The third kappa shape index (κ3) is 3.01. The Balaban J connectivity index is 2.23. The lowest BCUT2D eigenvalue weighted by molar-refractivity contribution is 1.10. The highest BCUT2D eigenvalue weighted by Crippen LogP contribution is 2.13. The number of nitrogens with one attached hydrogen (secondary N) is 1. The molecule has 0 saturated carbocycles. The predicted octanol–water partition coefficient (Wildman–Crippen LogP) is 2.92. The first-order valence-electron chi connectivity index (χ1n) is 5.63. The van der Waals surface area contributed by atoms with Crippen LogP contribution in [-0.2, 0) is 0 Å². The molecule has 0 unspecified atom stereocenters. The molecule has 4 heteroatoms. The van der Waals surface area contributed by atoms with Crippen molar-refractivity contribution in [1.29, 1.82) is 5.41 Å². The summed E-state index contributed by atoms with van der Waals surface area (Å²) in [6.07, 6.45) is 3.36. The van der Waals surface area contributed by atoms with Crippen molar-refractivity contribution in [1.82, 2.24) is 4.98 Å². The smallest absolute Gasteiger partial charge is 0.119 e. The van der Waals surface area contributed by atoms with Crippen LogP contribution in [0.4, 0.5) is 5.69 Å². The van der Waals surface area contributed by atoms with E-state index in [0.717, 1.165) is 11.4 Å². The Morgan fingerprint density at radius 3 is 2.50 bits per heavy atom. The Hall–Kier alpha value is -2.49. The van der Waals surface area contributed by atoms with Crippen molar-refractivity contribution in [2.24, 2.45) is 5.10 Å². The minimum atomic E-state index is 0.355. The van der Waals surface area contributed by atoms with Gasteiger partial charge in [-0.05, 0) is 31.2 Å². The monoisotopic (exact) mass is 238 g/mol. The van der Waals surface area contributed by atoms with Crippen molar-refractivity contribution in [3.05, 3.63) is 60.4 Å². The third-order valence-electron chi connectivity index (χ3n) is 2.31. The SMILES string of the molecule is CC(=N)N(/N=C/c1ccccn1)c1ccccc1. The predicted molar refractivity (Wildman–Crippen MR) is 74.2 cm³/mol. The van der Waals surface area contributed by atoms with Crippen LogP contribution in [0.25, 0.3) is 0 Å². The van der Waals surface area contributed by atoms with Gasteiger partial charge in [-0.2, -0.15) is 5.10 Å². The second-order valence-electron chi connectivity index (χ2n) is 3.73. The van der Waals surface area contributed by atoms with E-state index < -0.39 is 0 Å². The number of para-hydroxylation sites is 1. The minimum absolute atomic E-state index is 0.355. The maximum absolute atomic E-state index is 7.75. The van der Waals surface area contributed by atoms with Gasteiger partial charge in [0.2, 0.25) is 0 Å². The number of amidine groups is 1. The number of hydrogen-bond acceptors (Lipinski definition) is 3. The summed E-state index contributed by atoms with van der Waals surface area (Å²) in [6.45, 7) is 1.70. The van der Waals surface area contributed by atoms with Gasteiger partial charge in [0.25, 0.3) is 0 Å². The summed E-state index contributed by atoms with van der Waals surface area (Å²) < 4.78 is 0. The average molecular weight is 238 g/mol. The van der Waals surface area contributed by atoms with Crippen LogP contribution in [0.15, 0.2) is 59.8 Å². The maximum atomic E-state index is 7.75. The number of aromatic nitrogens is 1. The van der Waals surface area contributed by atoms with Crippen LogP contribution in [0.1, 0.15) is 12.6 Å². The van der Waals surface area contributed by atoms with Gasteiger partial charge in [-0.3, -0.25) is 10.4 Å². The zero-order valence-corrected chi connectivity index (χ0v) is 10.1. The summed E-state index contributed by atoms with van der Waals surface area (Å²) >= 11 is 0. The van der Waals surface area contributed by atoms with Gasteiger partial charge in [0.05, 0.1) is 17.6 Å². The van der Waals surface area contributed by atoms with Gasteiger partial charge in [-0.15, -0.1) is 0 Å². The highest BCUT2D eigenvalue weighted by Gasteiger charge is 2.05. The van der Waals surface area contributed by atoms with Crippen molar-refractivity contribution in [2.75, 3.05) is 5.01 Å². The summed E-state index contributed by atoms with van der Waals surface area (Å²) in [7, 11) is 0. The van der Waals surface area contributed by atoms with Gasteiger partial charge in [0, 0.05) is 6.20 Å². The van der Waals surface area contributed by atoms with Gasteiger partial charge in [-0.1, -0.05) is 24.3 Å². The topological polar surface area (TPSA) is 52.3 Å². The lowest BCUT2D eigenvalue weighted by Gasteiger charge is -2.16. The van der Waals surface area contributed by atoms with E-state index in [9.17, 15) is 0 Å². The second kappa shape index (κ2) is 5.72. The Kier molecular flexibility index (Phi) is 3.81. The van der Waals surface area contributed by atoms with E-state index in [1.165, 1.54) is 0 Å². The maximum Gasteiger partial charge on any atom is 0.119 e. The fraction of sp³-hybridized carbons (Fsp3) is 0.0714. The van der Waals surface area contributed by atoms with E-state index in [1.807, 2.05) is 48.5 Å². The summed E-state index contributed by atoms with van der Waals surface area (Å²) in [6, 6.07) is 15.2. The molecule has 0 amide bonds. The molecule has 0 atom stereocenters. The summed E-state index contributed by atoms with van der Waals surface area (Å²) in [5.41, 5.74) is 1.62. The third-order valence-corrected chi connectivity index (χ3v) is 2.31. The molecule has 0 aliphatic carbocycles. The molecule has 2 rings (SSSR count). The lowest BCUT2D eigenvalue weighted by atomic mass is 10.3. The van der Waals surface area contributed by atoms with E-state index in [2.05, 4.69) is 10.1 Å². The summed E-state index contributed by atoms with van der Waals surface area (Å²) in [5.74, 6) is 0.355. The molecular formula is C14H14N4. The lowest BCUT2D eigenvalue weighted by Crippen LogP contribution is -2.21. The summed E-state index contributed by atoms with van der Waals surface area (Å²) in [5, 5.41) is 13.6. The molecule has 0 aliphatic rings. The summed E-state index contributed by atoms with van der Waals surface area (Å²) in [4.78, 5) is 4.16. The number of rotatable bonds is 3. The highest BCUT2D eigenvalue weighted by molar-refractivity contribution is 5.95. The molecule has 1 aromatic carbocycles. The molecular weight excluding hydrogens is 224 g/mol. The Morgan fingerprint density at radius 2 is 1.89 bits per heavy atom. The minimum Gasteiger partial charge on any atom is -0.287 e. The van der Waals surface area contributed by atoms with E-state index >= 15 is 0 Å². The number of hydrogen-bond donors (Lipinski definition) is 1. The number of hydrazone groups is 1. The molecule has 4 nitrogen and oxygen atoms in total. The molecule has 0 spiro atoms. The van der Waals surface area contributed by atoms with E-state index in [1.54, 1.807) is 24.3 Å². The molecule has 90 valence electrons. The molecule has 1 aromatic heterocycles. The van der Waals surface area contributed by atoms with Crippen molar-refractivity contribution in [3.63, 3.8) is 0 Å². The first kappa shape index (κ1) is 12.0. The van der Waals surface area contributed by atoms with Crippen LogP contribution in [0.3, 0.4) is 0 Å². The molecule has 0 radical (unpaired) electrons. The second-order valence-corrected chi connectivity index (χ2v) is 3.73. The van der Waals surface area contributed by atoms with Gasteiger partial charge in [0.1, 0.15) is 5.84 Å². The van der Waals surface area contributed by atoms with E-state index in [0.29, 0.717) is 5.84 Å². The molecule has 0 fully saturated rings. The number of pyridine rings is 1. The van der Waals surface area contributed by atoms with Crippen LogP contribution in [0.2, 0.25) is 0 Å². The molecule has 0 saturated heterocycles. The zero-order valence-electron chi connectivity index (χ0n) is 10.1. The van der Waals surface area contributed by atoms with Gasteiger partial charge >= 0.3 is 0 Å². The van der Waals surface area contributed by atoms with E-state index in [-0.39, 0.29) is 0 Å². The number of anilines is 1. The van der Waals surface area contributed by atoms with E-state index in [4.69, 9.17) is 5.41 Å². The number of benzene rings is 1. The van der Waals surface area contributed by atoms with Crippen LogP contribution >= 0.6 is 0 Å². The van der Waals surface area contributed by atoms with Crippen LogP contribution in [0, 0.1) is 5.41 Å². The Bertz CT molecular complexity index is 534. The van der Waals surface area contributed by atoms with Crippen molar-refractivity contribution >= 4 is 17.7 Å². The van der Waals surface area contributed by atoms with Crippen molar-refractivity contribution < 1.29 is 0 Å². The average Bonchev–Trinajstić information content (AvgIpc) is 2.41. The molecule has 18 heavy (non-hydrogen) atoms. The Morgan fingerprint density at radius 1 is 1.17 bits per heavy atom. The molecule has 0 bridgehead atoms. The quantitative estimate of drug-likeness (QED) is 0.508. The fourth-order valence-corrected chi connectivity index (χ4v) is 1.49. The number of nitrogens with zero attached hydrogens (tertiary/aromatic N) is 3. The molecule has 0 aliphatic heterocycles. The normalized spacial score (nSPS) is 10.5. The Labute approximate surface area is 106 Å². The van der Waals surface area contributed by atoms with Gasteiger partial charge in [0.15, 0.2) is 0 Å². The zero-order chi connectivity index (χ0) is 12.8. The van der Waals surface area contributed by atoms with Crippen molar-refractivity contribution in [3.8, 4) is 0 Å². The first-order valence-corrected chi connectivity index (χ1v) is 5.63. The first-order chi connectivity index (χ1) is 8.77.